The van der Waals surface area contributed by atoms with Gasteiger partial charge in [-0.3, -0.25) is 4.79 Å². The van der Waals surface area contributed by atoms with E-state index >= 15 is 0 Å². The van der Waals surface area contributed by atoms with Crippen LogP contribution in [0, 0.1) is 0 Å². The van der Waals surface area contributed by atoms with Crippen LogP contribution in [0.25, 0.3) is 0 Å². The zero-order chi connectivity index (χ0) is 25.7. The van der Waals surface area contributed by atoms with E-state index in [9.17, 15) is 14.4 Å². The highest BCUT2D eigenvalue weighted by atomic mass is 28.3. The second-order valence-corrected chi connectivity index (χ2v) is 14.4. The topological polar surface area (TPSA) is 107 Å². The summed E-state index contributed by atoms with van der Waals surface area (Å²) in [6, 6.07) is 16.6. The molecule has 5 rings (SSSR count). The van der Waals surface area contributed by atoms with E-state index in [1.165, 1.54) is 7.11 Å². The normalized spacial score (nSPS) is 31.5. The molecule has 190 valence electrons. The molecule has 3 heterocycles. The minimum Gasteiger partial charge on any atom is -0.497 e. The highest BCUT2D eigenvalue weighted by Gasteiger charge is 2.84. The summed E-state index contributed by atoms with van der Waals surface area (Å²) in [6.45, 7) is 3.95. The summed E-state index contributed by atoms with van der Waals surface area (Å²) < 4.78 is 34.3. The van der Waals surface area contributed by atoms with Crippen LogP contribution in [0.15, 0.2) is 54.6 Å². The molecule has 0 aromatic heterocycles. The predicted molar refractivity (Wildman–Crippen MR) is 128 cm³/mol. The Morgan fingerprint density at radius 2 is 1.72 bits per heavy atom. The van der Waals surface area contributed by atoms with Crippen LogP contribution in [-0.2, 0) is 38.1 Å². The number of esters is 3. The standard InChI is InChI=1S/C26H28O9Si/c1-30-17-12-10-16(11-13-17)22-32-15-19-25(35-22,23(28)31-2)26(24(29)33-19)20(14-21(27)34-26)36(3,4)18-8-6-5-7-9-18/h5-13,19-20,22H,14-15H2,1-4H3/t19-,20+,22-,25+,26-/m0/s1. The molecule has 0 amide bonds. The molecular weight excluding hydrogens is 484 g/mol. The zero-order valence-corrected chi connectivity index (χ0v) is 21.5. The molecule has 3 aliphatic rings. The molecule has 2 aromatic rings. The number of methoxy groups -OCH3 is 2. The highest BCUT2D eigenvalue weighted by Crippen LogP contribution is 2.59. The smallest absolute Gasteiger partial charge is 0.355 e. The maximum absolute atomic E-state index is 13.7. The van der Waals surface area contributed by atoms with E-state index in [2.05, 4.69) is 0 Å². The number of carbonyl (C=O) groups excluding carboxylic acids is 3. The van der Waals surface area contributed by atoms with Gasteiger partial charge in [0, 0.05) is 11.1 Å². The van der Waals surface area contributed by atoms with E-state index in [0.717, 1.165) is 5.19 Å². The van der Waals surface area contributed by atoms with Crippen molar-refractivity contribution >= 4 is 31.2 Å². The Kier molecular flexibility index (Phi) is 5.93. The van der Waals surface area contributed by atoms with Gasteiger partial charge < -0.3 is 28.4 Å². The highest BCUT2D eigenvalue weighted by molar-refractivity contribution is 6.91. The third-order valence-corrected chi connectivity index (χ3v) is 11.8. The molecule has 2 aromatic carbocycles. The van der Waals surface area contributed by atoms with Crippen molar-refractivity contribution in [2.75, 3.05) is 20.8 Å². The number of carbonyl (C=O) groups is 3. The lowest BCUT2D eigenvalue weighted by atomic mass is 9.77. The van der Waals surface area contributed by atoms with Gasteiger partial charge in [0.15, 0.2) is 12.4 Å². The minimum absolute atomic E-state index is 0.0495. The van der Waals surface area contributed by atoms with E-state index in [0.29, 0.717) is 11.3 Å². The first kappa shape index (κ1) is 24.5. The maximum atomic E-state index is 13.7. The quantitative estimate of drug-likeness (QED) is 0.339. The van der Waals surface area contributed by atoms with Gasteiger partial charge in [0.25, 0.3) is 11.2 Å². The van der Waals surface area contributed by atoms with Crippen molar-refractivity contribution in [3.05, 3.63) is 60.2 Å². The van der Waals surface area contributed by atoms with Gasteiger partial charge >= 0.3 is 17.9 Å². The number of benzene rings is 2. The van der Waals surface area contributed by atoms with Crippen LogP contribution >= 0.6 is 0 Å². The Hall–Kier alpha value is -3.21. The Balaban J connectivity index is 1.66. The fraction of sp³-hybridized carbons (Fsp3) is 0.423. The molecule has 0 bridgehead atoms. The molecule has 9 nitrogen and oxygen atoms in total. The lowest BCUT2D eigenvalue weighted by Gasteiger charge is -2.47. The van der Waals surface area contributed by atoms with Crippen LogP contribution in [0.1, 0.15) is 18.3 Å². The molecule has 1 spiro atoms. The van der Waals surface area contributed by atoms with Crippen molar-refractivity contribution in [2.45, 2.75) is 48.7 Å². The van der Waals surface area contributed by atoms with E-state index in [1.54, 1.807) is 31.4 Å². The van der Waals surface area contributed by atoms with Crippen LogP contribution < -0.4 is 9.92 Å². The SMILES string of the molecule is COC(=O)[C@]12O[C@@H](c3ccc(OC)cc3)OC[C@@H]1OC(=O)[C@]21OC(=O)C[C@H]1[Si](C)(C)c1ccccc1. The molecule has 36 heavy (non-hydrogen) atoms. The van der Waals surface area contributed by atoms with Gasteiger partial charge in [-0.25, -0.2) is 9.59 Å². The largest absolute Gasteiger partial charge is 0.497 e. The fourth-order valence-corrected chi connectivity index (χ4v) is 9.28. The van der Waals surface area contributed by atoms with Crippen LogP contribution in [0.5, 0.6) is 5.75 Å². The number of ether oxygens (including phenoxy) is 6. The molecule has 10 heteroatoms. The van der Waals surface area contributed by atoms with Crippen molar-refractivity contribution in [1.82, 2.24) is 0 Å². The molecule has 0 aliphatic carbocycles. The summed E-state index contributed by atoms with van der Waals surface area (Å²) in [4.78, 5) is 40.3. The van der Waals surface area contributed by atoms with Gasteiger partial charge in [0.05, 0.1) is 35.3 Å². The minimum atomic E-state index is -2.65. The second-order valence-electron chi connectivity index (χ2n) is 9.73. The van der Waals surface area contributed by atoms with Gasteiger partial charge in [-0.2, -0.15) is 0 Å². The van der Waals surface area contributed by atoms with Crippen LogP contribution in [0.4, 0.5) is 0 Å². The van der Waals surface area contributed by atoms with Crippen molar-refractivity contribution in [3.63, 3.8) is 0 Å². The lowest BCUT2D eigenvalue weighted by Crippen LogP contribution is -2.72. The van der Waals surface area contributed by atoms with Crippen LogP contribution in [0.3, 0.4) is 0 Å². The zero-order valence-electron chi connectivity index (χ0n) is 20.5. The molecule has 3 aliphatic heterocycles. The summed E-state index contributed by atoms with van der Waals surface area (Å²) in [6.07, 6.45) is -2.24. The molecule has 0 radical (unpaired) electrons. The number of fused-ring (bicyclic) bond motifs is 2. The monoisotopic (exact) mass is 512 g/mol. The van der Waals surface area contributed by atoms with Crippen molar-refractivity contribution in [3.8, 4) is 5.75 Å². The van der Waals surface area contributed by atoms with E-state index in [4.69, 9.17) is 28.4 Å². The third kappa shape index (κ3) is 3.31. The first-order valence-corrected chi connectivity index (χ1v) is 14.8. The first-order valence-electron chi connectivity index (χ1n) is 11.7. The van der Waals surface area contributed by atoms with Gasteiger partial charge in [-0.15, -0.1) is 0 Å². The second kappa shape index (κ2) is 8.72. The molecule has 0 unspecified atom stereocenters. The van der Waals surface area contributed by atoms with Gasteiger partial charge in [0.2, 0.25) is 0 Å². The lowest BCUT2D eigenvalue weighted by molar-refractivity contribution is -0.307. The molecule has 3 saturated heterocycles. The van der Waals surface area contributed by atoms with Crippen LogP contribution in [0.2, 0.25) is 18.6 Å². The number of rotatable bonds is 5. The van der Waals surface area contributed by atoms with Crippen molar-refractivity contribution in [1.29, 1.82) is 0 Å². The third-order valence-electron chi connectivity index (χ3n) is 7.65. The Bertz CT molecular complexity index is 1180. The molecule has 0 N–H and O–H groups in total. The van der Waals surface area contributed by atoms with E-state index in [1.807, 2.05) is 43.4 Å². The van der Waals surface area contributed by atoms with Gasteiger partial charge in [-0.1, -0.05) is 60.7 Å². The average Bonchev–Trinajstić information content (AvgIpc) is 3.39. The molecule has 0 saturated carbocycles. The van der Waals surface area contributed by atoms with E-state index in [-0.39, 0.29) is 13.0 Å². The summed E-state index contributed by atoms with van der Waals surface area (Å²) in [7, 11) is 0.104. The first-order chi connectivity index (χ1) is 17.2. The van der Waals surface area contributed by atoms with Crippen LogP contribution in [-0.4, -0.2) is 64.1 Å². The maximum Gasteiger partial charge on any atom is 0.355 e. The Morgan fingerprint density at radius 3 is 2.36 bits per heavy atom. The Labute approximate surface area is 209 Å². The van der Waals surface area contributed by atoms with Crippen molar-refractivity contribution < 1.29 is 42.8 Å². The average molecular weight is 513 g/mol. The summed E-state index contributed by atoms with van der Waals surface area (Å²) in [5.41, 5.74) is -4.13. The number of hydrogen-bond acceptors (Lipinski definition) is 9. The van der Waals surface area contributed by atoms with Crippen molar-refractivity contribution in [2.24, 2.45) is 0 Å². The molecule has 3 fully saturated rings. The fourth-order valence-electron chi connectivity index (χ4n) is 5.74. The molecular formula is C26H28O9Si. The predicted octanol–water partition coefficient (Wildman–Crippen LogP) is 2.25. The summed E-state index contributed by atoms with van der Waals surface area (Å²) >= 11 is 0. The van der Waals surface area contributed by atoms with Gasteiger partial charge in [0.1, 0.15) is 5.75 Å². The molecule has 5 atom stereocenters. The summed E-state index contributed by atoms with van der Waals surface area (Å²) in [5.74, 6) is -1.62. The number of hydrogen-bond donors (Lipinski definition) is 0. The van der Waals surface area contributed by atoms with E-state index < -0.39 is 55.1 Å². The van der Waals surface area contributed by atoms with Gasteiger partial charge in [-0.05, 0) is 12.1 Å². The summed E-state index contributed by atoms with van der Waals surface area (Å²) in [5, 5.41) is 1.00. The Morgan fingerprint density at radius 1 is 1.03 bits per heavy atom.